The second kappa shape index (κ2) is 5.34. The Labute approximate surface area is 119 Å². The van der Waals surface area contributed by atoms with Gasteiger partial charge in [0.25, 0.3) is 10.6 Å². The highest BCUT2D eigenvalue weighted by Gasteiger charge is 2.07. The largest absolute Gasteiger partial charge is 0.618 e. The molecule has 0 spiro atoms. The van der Waals surface area contributed by atoms with Gasteiger partial charge >= 0.3 is 0 Å². The Hall–Kier alpha value is -2.34. The Morgan fingerprint density at radius 1 is 1.25 bits per heavy atom. The number of fused-ring (bicyclic) bond motifs is 1. The lowest BCUT2D eigenvalue weighted by atomic mass is 10.4. The van der Waals surface area contributed by atoms with Crippen LogP contribution in [0.25, 0.3) is 5.65 Å². The molecule has 0 unspecified atom stereocenters. The van der Waals surface area contributed by atoms with E-state index in [1.54, 1.807) is 36.5 Å². The van der Waals surface area contributed by atoms with Gasteiger partial charge < -0.3 is 5.21 Å². The highest BCUT2D eigenvalue weighted by molar-refractivity contribution is 7.98. The molecule has 0 bridgehead atoms. The second-order valence-electron chi connectivity index (χ2n) is 4.17. The first-order valence-electron chi connectivity index (χ1n) is 6.02. The van der Waals surface area contributed by atoms with Crippen LogP contribution >= 0.6 is 11.8 Å². The topological polar surface area (TPSA) is 61.3 Å². The molecule has 5 nitrogen and oxygen atoms in total. The number of aromatic nitrogens is 3. The molecular formula is C14H11N3O2S. The molecule has 0 saturated heterocycles. The maximum Gasteiger partial charge on any atom is 0.258 e. The normalized spacial score (nSPS) is 10.8. The lowest BCUT2D eigenvalue weighted by molar-refractivity contribution is -0.645. The van der Waals surface area contributed by atoms with E-state index in [0.717, 1.165) is 4.73 Å². The molecule has 0 aliphatic carbocycles. The minimum Gasteiger partial charge on any atom is -0.618 e. The smallest absolute Gasteiger partial charge is 0.258 e. The summed E-state index contributed by atoms with van der Waals surface area (Å²) in [5.41, 5.74) is 1.16. The number of hydrogen-bond donors (Lipinski definition) is 0. The highest BCUT2D eigenvalue weighted by atomic mass is 32.2. The van der Waals surface area contributed by atoms with Crippen LogP contribution in [0.15, 0.2) is 64.7 Å². The fourth-order valence-electron chi connectivity index (χ4n) is 1.85. The highest BCUT2D eigenvalue weighted by Crippen LogP contribution is 2.17. The van der Waals surface area contributed by atoms with Crippen LogP contribution < -0.4 is 10.3 Å². The Morgan fingerprint density at radius 3 is 2.95 bits per heavy atom. The van der Waals surface area contributed by atoms with E-state index in [2.05, 4.69) is 4.98 Å². The molecule has 0 aromatic carbocycles. The van der Waals surface area contributed by atoms with Gasteiger partial charge in [0.2, 0.25) is 0 Å². The standard InChI is InChI=1S/C14H11N3O2S/c18-13-9-11(15-12-5-1-3-7-16(12)13)10-20-14-6-2-4-8-17(14)19/h1-9H,10H2. The van der Waals surface area contributed by atoms with Crippen molar-refractivity contribution in [3.8, 4) is 0 Å². The minimum atomic E-state index is -0.116. The molecule has 3 aromatic heterocycles. The van der Waals surface area contributed by atoms with Gasteiger partial charge in [-0.15, -0.1) is 0 Å². The maximum absolute atomic E-state index is 11.9. The van der Waals surface area contributed by atoms with Crippen LogP contribution in [0.5, 0.6) is 0 Å². The molecular weight excluding hydrogens is 274 g/mol. The Kier molecular flexibility index (Phi) is 3.39. The number of hydrogen-bond acceptors (Lipinski definition) is 4. The number of pyridine rings is 2. The molecule has 20 heavy (non-hydrogen) atoms. The van der Waals surface area contributed by atoms with E-state index < -0.39 is 0 Å². The molecule has 0 aliphatic heterocycles. The lowest BCUT2D eigenvalue weighted by Crippen LogP contribution is -2.27. The Bertz CT molecular complexity index is 817. The summed E-state index contributed by atoms with van der Waals surface area (Å²) >= 11 is 1.36. The fraction of sp³-hybridized carbons (Fsp3) is 0.0714. The third kappa shape index (κ3) is 2.50. The molecule has 0 radical (unpaired) electrons. The van der Waals surface area contributed by atoms with Crippen molar-refractivity contribution in [2.24, 2.45) is 0 Å². The van der Waals surface area contributed by atoms with Crippen LogP contribution in [-0.2, 0) is 5.75 Å². The van der Waals surface area contributed by atoms with Crippen LogP contribution in [0.3, 0.4) is 0 Å². The maximum atomic E-state index is 11.9. The number of rotatable bonds is 3. The lowest BCUT2D eigenvalue weighted by Gasteiger charge is -2.04. The average molecular weight is 285 g/mol. The molecule has 0 aliphatic rings. The summed E-state index contributed by atoms with van der Waals surface area (Å²) < 4.78 is 2.29. The average Bonchev–Trinajstić information content (AvgIpc) is 2.46. The van der Waals surface area contributed by atoms with Crippen molar-refractivity contribution in [2.75, 3.05) is 0 Å². The van der Waals surface area contributed by atoms with Gasteiger partial charge in [0, 0.05) is 30.1 Å². The van der Waals surface area contributed by atoms with Crippen molar-refractivity contribution in [3.63, 3.8) is 0 Å². The van der Waals surface area contributed by atoms with Crippen LogP contribution in [0.1, 0.15) is 5.69 Å². The molecule has 0 amide bonds. The molecule has 6 heteroatoms. The molecule has 0 fully saturated rings. The van der Waals surface area contributed by atoms with Gasteiger partial charge in [0.05, 0.1) is 5.69 Å². The van der Waals surface area contributed by atoms with E-state index >= 15 is 0 Å². The Morgan fingerprint density at radius 2 is 2.10 bits per heavy atom. The minimum absolute atomic E-state index is 0.116. The summed E-state index contributed by atoms with van der Waals surface area (Å²) in [6, 6.07) is 12.1. The summed E-state index contributed by atoms with van der Waals surface area (Å²) in [6.07, 6.45) is 3.13. The van der Waals surface area contributed by atoms with Crippen LogP contribution in [0.2, 0.25) is 0 Å². The van der Waals surface area contributed by atoms with Gasteiger partial charge in [-0.1, -0.05) is 6.07 Å². The summed E-state index contributed by atoms with van der Waals surface area (Å²) in [5, 5.41) is 12.1. The predicted molar refractivity (Wildman–Crippen MR) is 76.4 cm³/mol. The SMILES string of the molecule is O=c1cc(CSc2cccc[n+]2[O-])nc2ccccn12. The van der Waals surface area contributed by atoms with E-state index in [1.807, 2.05) is 6.07 Å². The first kappa shape index (κ1) is 12.7. The molecule has 3 heterocycles. The van der Waals surface area contributed by atoms with Crippen LogP contribution in [-0.4, -0.2) is 9.38 Å². The molecule has 3 aromatic rings. The van der Waals surface area contributed by atoms with E-state index in [0.29, 0.717) is 22.1 Å². The van der Waals surface area contributed by atoms with Gasteiger partial charge in [-0.05, 0) is 30.0 Å². The summed E-state index contributed by atoms with van der Waals surface area (Å²) in [6.45, 7) is 0. The van der Waals surface area contributed by atoms with E-state index in [1.165, 1.54) is 28.4 Å². The van der Waals surface area contributed by atoms with Crippen molar-refractivity contribution in [2.45, 2.75) is 10.8 Å². The summed E-state index contributed by atoms with van der Waals surface area (Å²) in [7, 11) is 0. The van der Waals surface area contributed by atoms with E-state index in [4.69, 9.17) is 0 Å². The van der Waals surface area contributed by atoms with E-state index in [9.17, 15) is 10.0 Å². The molecule has 0 N–H and O–H groups in total. The molecule has 0 saturated carbocycles. The zero-order valence-electron chi connectivity index (χ0n) is 10.5. The van der Waals surface area contributed by atoms with E-state index in [-0.39, 0.29) is 5.56 Å². The van der Waals surface area contributed by atoms with Crippen molar-refractivity contribution in [1.29, 1.82) is 0 Å². The first-order chi connectivity index (χ1) is 9.74. The van der Waals surface area contributed by atoms with Crippen molar-refractivity contribution in [1.82, 2.24) is 9.38 Å². The number of nitrogens with zero attached hydrogens (tertiary/aromatic N) is 3. The molecule has 3 rings (SSSR count). The third-order valence-corrected chi connectivity index (χ3v) is 3.83. The zero-order valence-corrected chi connectivity index (χ0v) is 11.3. The van der Waals surface area contributed by atoms with Gasteiger partial charge in [0.1, 0.15) is 5.65 Å². The van der Waals surface area contributed by atoms with Crippen LogP contribution in [0, 0.1) is 5.21 Å². The fourth-order valence-corrected chi connectivity index (χ4v) is 2.66. The summed E-state index contributed by atoms with van der Waals surface area (Å²) in [4.78, 5) is 16.3. The monoisotopic (exact) mass is 285 g/mol. The molecule has 100 valence electrons. The second-order valence-corrected chi connectivity index (χ2v) is 5.16. The molecule has 0 atom stereocenters. The van der Waals surface area contributed by atoms with Gasteiger partial charge in [0.15, 0.2) is 6.20 Å². The Balaban J connectivity index is 1.88. The number of thioether (sulfide) groups is 1. The van der Waals surface area contributed by atoms with Crippen molar-refractivity contribution >= 4 is 17.4 Å². The van der Waals surface area contributed by atoms with Crippen molar-refractivity contribution < 1.29 is 4.73 Å². The summed E-state index contributed by atoms with van der Waals surface area (Å²) in [5.74, 6) is 0.479. The van der Waals surface area contributed by atoms with Gasteiger partial charge in [-0.3, -0.25) is 9.20 Å². The first-order valence-corrected chi connectivity index (χ1v) is 7.01. The van der Waals surface area contributed by atoms with Gasteiger partial charge in [-0.25, -0.2) is 4.98 Å². The third-order valence-electron chi connectivity index (χ3n) is 2.78. The van der Waals surface area contributed by atoms with Crippen LogP contribution in [0.4, 0.5) is 0 Å². The quantitative estimate of drug-likeness (QED) is 0.417. The zero-order chi connectivity index (χ0) is 13.9. The predicted octanol–water partition coefficient (Wildman–Crippen LogP) is 1.62. The van der Waals surface area contributed by atoms with Gasteiger partial charge in [-0.2, -0.15) is 4.73 Å². The van der Waals surface area contributed by atoms with Crippen molar-refractivity contribution in [3.05, 3.63) is 76.1 Å².